The molecule has 0 saturated heterocycles. The van der Waals surface area contributed by atoms with Gasteiger partial charge in [0.25, 0.3) is 0 Å². The average Bonchev–Trinajstić information content (AvgIpc) is 3.26. The molecule has 0 heterocycles. The monoisotopic (exact) mass is 446 g/mol. The van der Waals surface area contributed by atoms with Crippen LogP contribution in [0.25, 0.3) is 0 Å². The van der Waals surface area contributed by atoms with Gasteiger partial charge >= 0.3 is 0 Å². The summed E-state index contributed by atoms with van der Waals surface area (Å²) in [6.45, 7) is 5.59. The number of guanidine groups is 1. The summed E-state index contributed by atoms with van der Waals surface area (Å²) in [5.74, 6) is 2.10. The minimum atomic E-state index is -0.0955. The zero-order valence-corrected chi connectivity index (χ0v) is 16.8. The van der Waals surface area contributed by atoms with E-state index >= 15 is 0 Å². The number of benzene rings is 1. The Morgan fingerprint density at radius 3 is 2.50 bits per heavy atom. The van der Waals surface area contributed by atoms with Crippen LogP contribution in [0.1, 0.15) is 25.8 Å². The van der Waals surface area contributed by atoms with Crippen molar-refractivity contribution in [3.8, 4) is 5.75 Å². The van der Waals surface area contributed by atoms with Gasteiger partial charge in [-0.25, -0.2) is 4.99 Å². The van der Waals surface area contributed by atoms with Gasteiger partial charge in [-0.3, -0.25) is 4.79 Å². The van der Waals surface area contributed by atoms with E-state index < -0.39 is 0 Å². The summed E-state index contributed by atoms with van der Waals surface area (Å²) >= 11 is 0. The molecule has 1 aliphatic carbocycles. The number of halogens is 1. The molecule has 0 radical (unpaired) electrons. The zero-order valence-electron chi connectivity index (χ0n) is 14.5. The second-order valence-electron chi connectivity index (χ2n) is 5.78. The highest BCUT2D eigenvalue weighted by atomic mass is 127. The molecule has 1 amide bonds. The van der Waals surface area contributed by atoms with Gasteiger partial charge < -0.3 is 20.7 Å². The number of amides is 1. The smallest absolute Gasteiger partial charge is 0.242 e. The van der Waals surface area contributed by atoms with Crippen LogP contribution in [-0.4, -0.2) is 38.1 Å². The first-order valence-electron chi connectivity index (χ1n) is 8.06. The molecule has 1 fully saturated rings. The fraction of sp³-hybridized carbons (Fsp3) is 0.529. The number of hydrogen-bond donors (Lipinski definition) is 3. The third kappa shape index (κ3) is 6.94. The van der Waals surface area contributed by atoms with Crippen molar-refractivity contribution >= 4 is 35.8 Å². The Morgan fingerprint density at radius 1 is 1.29 bits per heavy atom. The lowest BCUT2D eigenvalue weighted by Gasteiger charge is -2.11. The summed E-state index contributed by atoms with van der Waals surface area (Å²) in [7, 11) is 1.63. The number of nitrogens with zero attached hydrogens (tertiary/aromatic N) is 1. The summed E-state index contributed by atoms with van der Waals surface area (Å²) in [6, 6.07) is 8.10. The molecule has 1 saturated carbocycles. The molecule has 2 unspecified atom stereocenters. The topological polar surface area (TPSA) is 74.8 Å². The van der Waals surface area contributed by atoms with Gasteiger partial charge in [0, 0.05) is 19.1 Å². The first-order valence-corrected chi connectivity index (χ1v) is 8.06. The van der Waals surface area contributed by atoms with Crippen LogP contribution in [0.4, 0.5) is 0 Å². The Hall–Kier alpha value is -1.51. The normalized spacial score (nSPS) is 19.0. The van der Waals surface area contributed by atoms with Crippen LogP contribution in [0.3, 0.4) is 0 Å². The highest BCUT2D eigenvalue weighted by molar-refractivity contribution is 14.0. The number of nitrogens with one attached hydrogen (secondary N) is 3. The Morgan fingerprint density at radius 2 is 1.96 bits per heavy atom. The summed E-state index contributed by atoms with van der Waals surface area (Å²) < 4.78 is 5.11. The fourth-order valence-corrected chi connectivity index (χ4v) is 2.17. The Kier molecular flexibility index (Phi) is 8.88. The van der Waals surface area contributed by atoms with E-state index in [0.29, 0.717) is 24.5 Å². The molecule has 1 aromatic carbocycles. The quantitative estimate of drug-likeness (QED) is 0.340. The molecule has 24 heavy (non-hydrogen) atoms. The lowest BCUT2D eigenvalue weighted by Crippen LogP contribution is -2.40. The van der Waals surface area contributed by atoms with E-state index in [1.54, 1.807) is 7.11 Å². The number of hydrogen-bond acceptors (Lipinski definition) is 3. The number of rotatable bonds is 7. The van der Waals surface area contributed by atoms with E-state index in [2.05, 4.69) is 27.9 Å². The van der Waals surface area contributed by atoms with Gasteiger partial charge in [-0.15, -0.1) is 24.0 Å². The van der Waals surface area contributed by atoms with E-state index in [9.17, 15) is 4.79 Å². The lowest BCUT2D eigenvalue weighted by molar-refractivity contribution is -0.119. The highest BCUT2D eigenvalue weighted by Crippen LogP contribution is 2.28. The molecule has 0 spiro atoms. The maximum Gasteiger partial charge on any atom is 0.242 e. The second kappa shape index (κ2) is 10.4. The van der Waals surface area contributed by atoms with Gasteiger partial charge in [-0.1, -0.05) is 19.1 Å². The minimum absolute atomic E-state index is 0. The van der Waals surface area contributed by atoms with Gasteiger partial charge in [0.2, 0.25) is 5.91 Å². The van der Waals surface area contributed by atoms with Crippen molar-refractivity contribution in [1.82, 2.24) is 16.0 Å². The van der Waals surface area contributed by atoms with Crippen LogP contribution < -0.4 is 20.7 Å². The van der Waals surface area contributed by atoms with Crippen LogP contribution in [0.15, 0.2) is 29.3 Å². The van der Waals surface area contributed by atoms with Crippen molar-refractivity contribution in [2.45, 2.75) is 32.9 Å². The summed E-state index contributed by atoms with van der Waals surface area (Å²) in [5, 5.41) is 9.36. The third-order valence-corrected chi connectivity index (χ3v) is 3.81. The molecule has 2 rings (SSSR count). The molecule has 1 aromatic rings. The van der Waals surface area contributed by atoms with Gasteiger partial charge in [0.05, 0.1) is 7.11 Å². The molecule has 134 valence electrons. The van der Waals surface area contributed by atoms with Crippen LogP contribution in [0.2, 0.25) is 0 Å². The molecule has 0 bridgehead atoms. The van der Waals surface area contributed by atoms with E-state index in [-0.39, 0.29) is 36.4 Å². The van der Waals surface area contributed by atoms with Gasteiger partial charge in [-0.2, -0.15) is 0 Å². The fourth-order valence-electron chi connectivity index (χ4n) is 2.17. The number of carbonyl (C=O) groups excluding carboxylic acids is 1. The molecule has 1 aliphatic rings. The summed E-state index contributed by atoms with van der Waals surface area (Å²) in [4.78, 5) is 16.2. The Labute approximate surface area is 160 Å². The molecule has 0 aromatic heterocycles. The molecule has 6 nitrogen and oxygen atoms in total. The van der Waals surface area contributed by atoms with Crippen molar-refractivity contribution in [3.05, 3.63) is 29.8 Å². The van der Waals surface area contributed by atoms with Crippen LogP contribution in [-0.2, 0) is 11.3 Å². The standard InChI is InChI=1S/C17H26N4O2.HI/c1-4-18-17(21-15-9-12(15)2)20-11-16(22)19-10-13-5-7-14(23-3)8-6-13;/h5-8,12,15H,4,9-11H2,1-3H3,(H,19,22)(H2,18,20,21);1H. The molecular formula is C17H27IN4O2. The van der Waals surface area contributed by atoms with E-state index in [4.69, 9.17) is 4.74 Å². The third-order valence-electron chi connectivity index (χ3n) is 3.81. The summed E-state index contributed by atoms with van der Waals surface area (Å²) in [6.07, 6.45) is 1.16. The summed E-state index contributed by atoms with van der Waals surface area (Å²) in [5.41, 5.74) is 1.03. The van der Waals surface area contributed by atoms with Crippen molar-refractivity contribution < 1.29 is 9.53 Å². The van der Waals surface area contributed by atoms with E-state index in [1.165, 1.54) is 0 Å². The van der Waals surface area contributed by atoms with Gasteiger partial charge in [-0.05, 0) is 37.0 Å². The van der Waals surface area contributed by atoms with Gasteiger partial charge in [0.1, 0.15) is 12.3 Å². The van der Waals surface area contributed by atoms with Crippen molar-refractivity contribution in [2.24, 2.45) is 10.9 Å². The number of carbonyl (C=O) groups is 1. The van der Waals surface area contributed by atoms with E-state index in [0.717, 1.165) is 24.3 Å². The van der Waals surface area contributed by atoms with Crippen LogP contribution in [0.5, 0.6) is 5.75 Å². The largest absolute Gasteiger partial charge is 0.497 e. The first-order chi connectivity index (χ1) is 11.1. The van der Waals surface area contributed by atoms with Crippen molar-refractivity contribution in [3.63, 3.8) is 0 Å². The number of methoxy groups -OCH3 is 1. The number of aliphatic imine (C=N–C) groups is 1. The molecule has 7 heteroatoms. The van der Waals surface area contributed by atoms with Crippen molar-refractivity contribution in [2.75, 3.05) is 20.2 Å². The SMILES string of the molecule is CCNC(=NCC(=O)NCc1ccc(OC)cc1)NC1CC1C.I. The first kappa shape index (κ1) is 20.5. The Bertz CT molecular complexity index is 548. The second-order valence-corrected chi connectivity index (χ2v) is 5.78. The Balaban J connectivity index is 0.00000288. The average molecular weight is 446 g/mol. The van der Waals surface area contributed by atoms with Crippen LogP contribution >= 0.6 is 24.0 Å². The zero-order chi connectivity index (χ0) is 16.7. The predicted molar refractivity (Wildman–Crippen MR) is 107 cm³/mol. The number of ether oxygens (including phenoxy) is 1. The minimum Gasteiger partial charge on any atom is -0.497 e. The molecule has 2 atom stereocenters. The van der Waals surface area contributed by atoms with E-state index in [1.807, 2.05) is 31.2 Å². The van der Waals surface area contributed by atoms with Crippen LogP contribution in [0, 0.1) is 5.92 Å². The maximum atomic E-state index is 11.9. The van der Waals surface area contributed by atoms with Gasteiger partial charge in [0.15, 0.2) is 5.96 Å². The molecular weight excluding hydrogens is 419 g/mol. The lowest BCUT2D eigenvalue weighted by atomic mass is 10.2. The predicted octanol–water partition coefficient (Wildman–Crippen LogP) is 1.89. The maximum absolute atomic E-state index is 11.9. The van der Waals surface area contributed by atoms with Crippen molar-refractivity contribution in [1.29, 1.82) is 0 Å². The molecule has 3 N–H and O–H groups in total. The highest BCUT2D eigenvalue weighted by Gasteiger charge is 2.33. The molecule has 0 aliphatic heterocycles.